The first-order valence-electron chi connectivity index (χ1n) is 12.0. The van der Waals surface area contributed by atoms with E-state index in [1.54, 1.807) is 7.11 Å². The minimum atomic E-state index is -0.102. The Balaban J connectivity index is 1.65. The van der Waals surface area contributed by atoms with Crippen LogP contribution in [0, 0.1) is 13.8 Å². The highest BCUT2D eigenvalue weighted by atomic mass is 32.1. The molecule has 2 aromatic carbocycles. The molecule has 1 fully saturated rings. The topological polar surface area (TPSA) is 45.6 Å². The predicted molar refractivity (Wildman–Crippen MR) is 150 cm³/mol. The van der Waals surface area contributed by atoms with Gasteiger partial charge in [-0.25, -0.2) is 0 Å². The number of methoxy groups -OCH3 is 1. The summed E-state index contributed by atoms with van der Waals surface area (Å²) in [5, 5.41) is 4.23. The number of thiocarbonyl (C=S) groups is 1. The molecule has 1 aliphatic heterocycles. The lowest BCUT2D eigenvalue weighted by molar-refractivity contribution is 0.415. The number of aryl methyl sites for hydroxylation is 1. The van der Waals surface area contributed by atoms with Crippen molar-refractivity contribution in [2.24, 2.45) is 0 Å². The van der Waals surface area contributed by atoms with E-state index in [1.165, 1.54) is 22.6 Å². The number of ether oxygens (including phenoxy) is 1. The zero-order valence-corrected chi connectivity index (χ0v) is 22.1. The first-order valence-corrected chi connectivity index (χ1v) is 12.4. The van der Waals surface area contributed by atoms with Crippen LogP contribution >= 0.6 is 12.2 Å². The average Bonchev–Trinajstić information content (AvgIpc) is 3.39. The Morgan fingerprint density at radius 1 is 0.944 bits per heavy atom. The molecule has 0 saturated carbocycles. The molecule has 0 unspecified atom stereocenters. The van der Waals surface area contributed by atoms with Crippen LogP contribution in [-0.4, -0.2) is 35.9 Å². The third kappa shape index (κ3) is 4.20. The van der Waals surface area contributed by atoms with Crippen LogP contribution < -0.4 is 19.9 Å². The number of rotatable bonds is 6. The van der Waals surface area contributed by atoms with E-state index in [4.69, 9.17) is 21.9 Å². The maximum absolute atomic E-state index is 5.91. The van der Waals surface area contributed by atoms with Gasteiger partial charge in [-0.15, -0.1) is 0 Å². The van der Waals surface area contributed by atoms with E-state index in [-0.39, 0.29) is 12.1 Å². The Morgan fingerprint density at radius 3 is 2.39 bits per heavy atom. The zero-order valence-electron chi connectivity index (χ0n) is 21.3. The molecule has 0 spiro atoms. The number of nitrogens with one attached hydrogen (secondary N) is 1. The Kier molecular flexibility index (Phi) is 6.41. The first-order chi connectivity index (χ1) is 17.4. The van der Waals surface area contributed by atoms with Crippen LogP contribution in [0.2, 0.25) is 0 Å². The quantitative estimate of drug-likeness (QED) is 0.343. The van der Waals surface area contributed by atoms with Gasteiger partial charge in [-0.3, -0.25) is 4.98 Å². The van der Waals surface area contributed by atoms with Gasteiger partial charge in [-0.2, -0.15) is 0 Å². The SMILES string of the molecule is COc1cccc(N2C(=S)N[C@H](c3ccccn3)[C@H]2c2cc(C)n(-c3ccc(N(C)C)cc3)c2C)c1. The van der Waals surface area contributed by atoms with E-state index in [9.17, 15) is 0 Å². The van der Waals surface area contributed by atoms with Crippen molar-refractivity contribution in [1.29, 1.82) is 0 Å². The van der Waals surface area contributed by atoms with Gasteiger partial charge in [0.05, 0.1) is 24.9 Å². The molecule has 4 aromatic rings. The van der Waals surface area contributed by atoms with E-state index in [0.717, 1.165) is 22.8 Å². The number of aromatic nitrogens is 2. The standard InChI is InChI=1S/C29H31N5OS/c1-19-17-25(20(2)33(19)22-14-12-21(13-15-22)32(3)4)28-27(26-11-6-7-16-30-26)31-29(36)34(28)23-9-8-10-24(18-23)35-5/h6-18,27-28H,1-5H3,(H,31,36)/t27-,28-/m1/s1. The lowest BCUT2D eigenvalue weighted by Gasteiger charge is -2.28. The number of anilines is 2. The summed E-state index contributed by atoms with van der Waals surface area (Å²) in [6.07, 6.45) is 1.83. The van der Waals surface area contributed by atoms with Crippen molar-refractivity contribution in [3.8, 4) is 11.4 Å². The molecule has 3 heterocycles. The van der Waals surface area contributed by atoms with Gasteiger partial charge < -0.3 is 24.4 Å². The second-order valence-corrected chi connectivity index (χ2v) is 9.66. The Hall–Kier alpha value is -3.84. The maximum atomic E-state index is 5.91. The molecular formula is C29H31N5OS. The van der Waals surface area contributed by atoms with Gasteiger partial charge in [0.1, 0.15) is 5.75 Å². The van der Waals surface area contributed by atoms with Gasteiger partial charge in [0.25, 0.3) is 0 Å². The van der Waals surface area contributed by atoms with Crippen LogP contribution in [-0.2, 0) is 0 Å². The number of pyridine rings is 1. The molecule has 0 amide bonds. The Bertz CT molecular complexity index is 1380. The fourth-order valence-corrected chi connectivity index (χ4v) is 5.44. The molecule has 1 N–H and O–H groups in total. The zero-order chi connectivity index (χ0) is 25.4. The predicted octanol–water partition coefficient (Wildman–Crippen LogP) is 5.74. The minimum absolute atomic E-state index is 0.0829. The molecule has 2 atom stereocenters. The van der Waals surface area contributed by atoms with Crippen molar-refractivity contribution < 1.29 is 4.74 Å². The molecule has 0 aliphatic carbocycles. The summed E-state index contributed by atoms with van der Waals surface area (Å²) in [6.45, 7) is 4.34. The van der Waals surface area contributed by atoms with Crippen molar-refractivity contribution in [2.45, 2.75) is 25.9 Å². The van der Waals surface area contributed by atoms with Gasteiger partial charge >= 0.3 is 0 Å². The van der Waals surface area contributed by atoms with Crippen LogP contribution in [0.1, 0.15) is 34.7 Å². The highest BCUT2D eigenvalue weighted by Crippen LogP contribution is 2.44. The van der Waals surface area contributed by atoms with Crippen LogP contribution in [0.25, 0.3) is 5.69 Å². The van der Waals surface area contributed by atoms with Crippen molar-refractivity contribution >= 4 is 28.7 Å². The van der Waals surface area contributed by atoms with Crippen molar-refractivity contribution in [2.75, 3.05) is 31.0 Å². The lowest BCUT2D eigenvalue weighted by Crippen LogP contribution is -2.29. The summed E-state index contributed by atoms with van der Waals surface area (Å²) in [7, 11) is 5.80. The van der Waals surface area contributed by atoms with Crippen LogP contribution in [0.4, 0.5) is 11.4 Å². The fourth-order valence-electron chi connectivity index (χ4n) is 5.09. The van der Waals surface area contributed by atoms with Crippen molar-refractivity contribution in [3.05, 3.63) is 102 Å². The van der Waals surface area contributed by atoms with E-state index in [1.807, 2.05) is 36.5 Å². The van der Waals surface area contributed by atoms with Crippen LogP contribution in [0.15, 0.2) is 79.0 Å². The molecule has 2 aromatic heterocycles. The number of hydrogen-bond donors (Lipinski definition) is 1. The van der Waals surface area contributed by atoms with E-state index >= 15 is 0 Å². The van der Waals surface area contributed by atoms with Gasteiger partial charge in [0.15, 0.2) is 5.11 Å². The number of benzene rings is 2. The molecule has 6 nitrogen and oxygen atoms in total. The molecule has 0 radical (unpaired) electrons. The second-order valence-electron chi connectivity index (χ2n) is 9.27. The molecule has 5 rings (SSSR count). The molecule has 36 heavy (non-hydrogen) atoms. The third-order valence-corrected chi connectivity index (χ3v) is 7.16. The average molecular weight is 498 g/mol. The van der Waals surface area contributed by atoms with Crippen LogP contribution in [0.5, 0.6) is 5.75 Å². The third-order valence-electron chi connectivity index (χ3n) is 6.84. The summed E-state index contributed by atoms with van der Waals surface area (Å²) >= 11 is 5.91. The summed E-state index contributed by atoms with van der Waals surface area (Å²) in [6, 6.07) is 24.8. The maximum Gasteiger partial charge on any atom is 0.174 e. The normalized spacial score (nSPS) is 17.2. The van der Waals surface area contributed by atoms with Crippen LogP contribution in [0.3, 0.4) is 0 Å². The van der Waals surface area contributed by atoms with Gasteiger partial charge in [0, 0.05) is 54.8 Å². The first kappa shape index (κ1) is 23.9. The highest BCUT2D eigenvalue weighted by molar-refractivity contribution is 7.80. The molecular weight excluding hydrogens is 466 g/mol. The van der Waals surface area contributed by atoms with Gasteiger partial charge in [-0.05, 0) is 86.2 Å². The molecule has 1 aliphatic rings. The van der Waals surface area contributed by atoms with Crippen molar-refractivity contribution in [1.82, 2.24) is 14.9 Å². The minimum Gasteiger partial charge on any atom is -0.497 e. The van der Waals surface area contributed by atoms with E-state index in [2.05, 4.69) is 90.1 Å². The number of hydrogen-bond acceptors (Lipinski definition) is 4. The molecule has 7 heteroatoms. The van der Waals surface area contributed by atoms with Crippen molar-refractivity contribution in [3.63, 3.8) is 0 Å². The van der Waals surface area contributed by atoms with Gasteiger partial charge in [0.2, 0.25) is 0 Å². The summed E-state index contributed by atoms with van der Waals surface area (Å²) in [4.78, 5) is 8.99. The Labute approximate surface area is 218 Å². The highest BCUT2D eigenvalue weighted by Gasteiger charge is 2.42. The van der Waals surface area contributed by atoms with Gasteiger partial charge in [-0.1, -0.05) is 12.1 Å². The monoisotopic (exact) mass is 497 g/mol. The Morgan fingerprint density at radius 2 is 1.72 bits per heavy atom. The van der Waals surface area contributed by atoms with E-state index in [0.29, 0.717) is 5.11 Å². The smallest absolute Gasteiger partial charge is 0.174 e. The largest absolute Gasteiger partial charge is 0.497 e. The molecule has 0 bridgehead atoms. The summed E-state index contributed by atoms with van der Waals surface area (Å²) in [5.74, 6) is 0.793. The second kappa shape index (κ2) is 9.66. The van der Waals surface area contributed by atoms with E-state index < -0.39 is 0 Å². The number of nitrogens with zero attached hydrogens (tertiary/aromatic N) is 4. The molecule has 184 valence electrons. The lowest BCUT2D eigenvalue weighted by atomic mass is 9.96. The molecule has 1 saturated heterocycles. The fraction of sp³-hybridized carbons (Fsp3) is 0.241. The summed E-state index contributed by atoms with van der Waals surface area (Å²) < 4.78 is 7.84. The summed E-state index contributed by atoms with van der Waals surface area (Å²) in [5.41, 5.74) is 7.79.